The van der Waals surface area contributed by atoms with Gasteiger partial charge in [0.15, 0.2) is 0 Å². The fourth-order valence-electron chi connectivity index (χ4n) is 2.33. The van der Waals surface area contributed by atoms with Crippen LogP contribution in [0.15, 0.2) is 40.9 Å². The van der Waals surface area contributed by atoms with Gasteiger partial charge in [0.2, 0.25) is 0 Å². The Kier molecular flexibility index (Phi) is 4.62. The van der Waals surface area contributed by atoms with Gasteiger partial charge in [0.25, 0.3) is 0 Å². The van der Waals surface area contributed by atoms with Crippen LogP contribution in [0.5, 0.6) is 0 Å². The van der Waals surface area contributed by atoms with Gasteiger partial charge in [-0.1, -0.05) is 66.5 Å². The molecule has 2 aromatic rings. The molecule has 0 atom stereocenters. The lowest BCUT2D eigenvalue weighted by Gasteiger charge is -2.21. The molecule has 4 heteroatoms. The molecule has 0 fully saturated rings. The van der Waals surface area contributed by atoms with Crippen LogP contribution in [0, 0.1) is 6.92 Å². The highest BCUT2D eigenvalue weighted by atomic mass is 79.9. The SMILES string of the molecule is Cc1ccc(B(O)O)c(-c2cc(C(C)(C)C)ccc2Br)c1. The zero-order chi connectivity index (χ0) is 15.8. The van der Waals surface area contributed by atoms with Crippen LogP contribution in [-0.4, -0.2) is 17.2 Å². The van der Waals surface area contributed by atoms with Crippen molar-refractivity contribution in [3.63, 3.8) is 0 Å². The van der Waals surface area contributed by atoms with Crippen LogP contribution >= 0.6 is 15.9 Å². The van der Waals surface area contributed by atoms with Crippen molar-refractivity contribution < 1.29 is 10.0 Å². The summed E-state index contributed by atoms with van der Waals surface area (Å²) in [7, 11) is -1.48. The molecule has 0 aliphatic carbocycles. The second-order valence-electron chi connectivity index (χ2n) is 6.41. The van der Waals surface area contributed by atoms with Crippen LogP contribution in [0.1, 0.15) is 31.9 Å². The van der Waals surface area contributed by atoms with Crippen LogP contribution in [-0.2, 0) is 5.41 Å². The van der Waals surface area contributed by atoms with Gasteiger partial charge in [-0.05, 0) is 46.6 Å². The molecule has 0 radical (unpaired) electrons. The van der Waals surface area contributed by atoms with E-state index < -0.39 is 7.12 Å². The van der Waals surface area contributed by atoms with E-state index >= 15 is 0 Å². The van der Waals surface area contributed by atoms with Crippen molar-refractivity contribution in [3.05, 3.63) is 52.0 Å². The molecule has 0 aromatic heterocycles. The number of aryl methyl sites for hydroxylation is 1. The maximum atomic E-state index is 9.62. The first kappa shape index (κ1) is 16.3. The lowest BCUT2D eigenvalue weighted by Crippen LogP contribution is -2.31. The summed E-state index contributed by atoms with van der Waals surface area (Å²) in [6.07, 6.45) is 0. The van der Waals surface area contributed by atoms with E-state index in [1.807, 2.05) is 25.1 Å². The van der Waals surface area contributed by atoms with Gasteiger partial charge in [0, 0.05) is 4.47 Å². The summed E-state index contributed by atoms with van der Waals surface area (Å²) in [5.74, 6) is 0. The van der Waals surface area contributed by atoms with E-state index in [-0.39, 0.29) is 5.41 Å². The van der Waals surface area contributed by atoms with Crippen molar-refractivity contribution in [1.82, 2.24) is 0 Å². The topological polar surface area (TPSA) is 40.5 Å². The van der Waals surface area contributed by atoms with E-state index in [2.05, 4.69) is 48.8 Å². The van der Waals surface area contributed by atoms with Crippen molar-refractivity contribution in [3.8, 4) is 11.1 Å². The molecule has 2 aromatic carbocycles. The van der Waals surface area contributed by atoms with E-state index in [4.69, 9.17) is 0 Å². The van der Waals surface area contributed by atoms with Gasteiger partial charge in [-0.25, -0.2) is 0 Å². The van der Waals surface area contributed by atoms with Crippen molar-refractivity contribution in [2.45, 2.75) is 33.1 Å². The smallest absolute Gasteiger partial charge is 0.423 e. The maximum absolute atomic E-state index is 9.62. The summed E-state index contributed by atoms with van der Waals surface area (Å²) in [5.41, 5.74) is 4.68. The van der Waals surface area contributed by atoms with Crippen molar-refractivity contribution >= 4 is 28.5 Å². The molecular weight excluding hydrogens is 327 g/mol. The summed E-state index contributed by atoms with van der Waals surface area (Å²) in [4.78, 5) is 0. The second-order valence-corrected chi connectivity index (χ2v) is 7.26. The Labute approximate surface area is 135 Å². The highest BCUT2D eigenvalue weighted by molar-refractivity contribution is 9.10. The number of benzene rings is 2. The Morgan fingerprint density at radius 1 is 0.952 bits per heavy atom. The van der Waals surface area contributed by atoms with E-state index in [0.717, 1.165) is 21.2 Å². The average Bonchev–Trinajstić information content (AvgIpc) is 2.37. The molecule has 0 aliphatic rings. The molecule has 0 spiro atoms. The summed E-state index contributed by atoms with van der Waals surface area (Å²) in [6.45, 7) is 8.49. The molecule has 110 valence electrons. The molecular formula is C17H20BBrO2. The zero-order valence-corrected chi connectivity index (χ0v) is 14.4. The number of rotatable bonds is 2. The fourth-order valence-corrected chi connectivity index (χ4v) is 2.79. The quantitative estimate of drug-likeness (QED) is 0.818. The first-order valence-corrected chi connectivity index (χ1v) is 7.76. The van der Waals surface area contributed by atoms with Gasteiger partial charge in [0.1, 0.15) is 0 Å². The summed E-state index contributed by atoms with van der Waals surface area (Å²) < 4.78 is 0.947. The minimum absolute atomic E-state index is 0.0390. The van der Waals surface area contributed by atoms with Crippen molar-refractivity contribution in [2.75, 3.05) is 0 Å². The predicted octanol–water partition coefficient (Wildman–Crippen LogP) is 3.40. The third-order valence-electron chi connectivity index (χ3n) is 3.61. The molecule has 0 aliphatic heterocycles. The molecule has 2 nitrogen and oxygen atoms in total. The summed E-state index contributed by atoms with van der Waals surface area (Å²) in [5, 5.41) is 19.2. The molecule has 0 unspecified atom stereocenters. The number of hydrogen-bond acceptors (Lipinski definition) is 2. The van der Waals surface area contributed by atoms with Gasteiger partial charge in [-0.3, -0.25) is 0 Å². The van der Waals surface area contributed by atoms with E-state index in [1.165, 1.54) is 5.56 Å². The van der Waals surface area contributed by atoms with Crippen LogP contribution in [0.25, 0.3) is 11.1 Å². The lowest BCUT2D eigenvalue weighted by atomic mass is 9.74. The first-order valence-electron chi connectivity index (χ1n) is 6.97. The Balaban J connectivity index is 2.69. The van der Waals surface area contributed by atoms with Crippen LogP contribution in [0.4, 0.5) is 0 Å². The van der Waals surface area contributed by atoms with Gasteiger partial charge >= 0.3 is 7.12 Å². The van der Waals surface area contributed by atoms with E-state index in [1.54, 1.807) is 6.07 Å². The highest BCUT2D eigenvalue weighted by Crippen LogP contribution is 2.33. The van der Waals surface area contributed by atoms with Gasteiger partial charge < -0.3 is 10.0 Å². The predicted molar refractivity (Wildman–Crippen MR) is 92.8 cm³/mol. The molecule has 0 saturated heterocycles. The fraction of sp³-hybridized carbons (Fsp3) is 0.294. The highest BCUT2D eigenvalue weighted by Gasteiger charge is 2.21. The second kappa shape index (κ2) is 5.95. The van der Waals surface area contributed by atoms with Crippen molar-refractivity contribution in [2.24, 2.45) is 0 Å². The van der Waals surface area contributed by atoms with Crippen molar-refractivity contribution in [1.29, 1.82) is 0 Å². The number of halogens is 1. The average molecular weight is 347 g/mol. The normalized spacial score (nSPS) is 11.6. The standard InChI is InChI=1S/C17H20BBrO2/c1-11-5-7-15(18(20)21)13(9-11)14-10-12(17(2,3)4)6-8-16(14)19/h5-10,20-21H,1-4H3. The van der Waals surface area contributed by atoms with Crippen LogP contribution < -0.4 is 5.46 Å². The monoisotopic (exact) mass is 346 g/mol. The van der Waals surface area contributed by atoms with Crippen LogP contribution in [0.2, 0.25) is 0 Å². The summed E-state index contributed by atoms with van der Waals surface area (Å²) >= 11 is 3.58. The Morgan fingerprint density at radius 3 is 2.19 bits per heavy atom. The van der Waals surface area contributed by atoms with Gasteiger partial charge in [-0.15, -0.1) is 0 Å². The molecule has 2 rings (SSSR count). The maximum Gasteiger partial charge on any atom is 0.489 e. The van der Waals surface area contributed by atoms with Gasteiger partial charge in [-0.2, -0.15) is 0 Å². The summed E-state index contributed by atoms with van der Waals surface area (Å²) in [6, 6.07) is 11.9. The Bertz CT molecular complexity index is 660. The third kappa shape index (κ3) is 3.57. The van der Waals surface area contributed by atoms with E-state index in [9.17, 15) is 10.0 Å². The molecule has 0 heterocycles. The first-order chi connectivity index (χ1) is 9.70. The minimum Gasteiger partial charge on any atom is -0.423 e. The Hall–Kier alpha value is -1.10. The molecule has 0 bridgehead atoms. The lowest BCUT2D eigenvalue weighted by molar-refractivity contribution is 0.426. The largest absolute Gasteiger partial charge is 0.489 e. The Morgan fingerprint density at radius 2 is 1.62 bits per heavy atom. The zero-order valence-electron chi connectivity index (χ0n) is 12.8. The minimum atomic E-state index is -1.48. The molecule has 0 amide bonds. The third-order valence-corrected chi connectivity index (χ3v) is 4.30. The van der Waals surface area contributed by atoms with Gasteiger partial charge in [0.05, 0.1) is 0 Å². The van der Waals surface area contributed by atoms with Crippen LogP contribution in [0.3, 0.4) is 0 Å². The molecule has 2 N–H and O–H groups in total. The molecule has 21 heavy (non-hydrogen) atoms. The number of hydrogen-bond donors (Lipinski definition) is 2. The van der Waals surface area contributed by atoms with E-state index in [0.29, 0.717) is 5.46 Å². The molecule has 0 saturated carbocycles.